The summed E-state index contributed by atoms with van der Waals surface area (Å²) >= 11 is 0. The Morgan fingerprint density at radius 3 is 2.31 bits per heavy atom. The molecule has 32 heavy (non-hydrogen) atoms. The second-order valence-electron chi connectivity index (χ2n) is 8.68. The Morgan fingerprint density at radius 1 is 0.906 bits per heavy atom. The number of aromatic nitrogens is 1. The number of fused-ring (bicyclic) bond motifs is 2. The molecule has 0 aliphatic heterocycles. The molecule has 7 heteroatoms. The van der Waals surface area contributed by atoms with E-state index in [2.05, 4.69) is 14.9 Å². The molecular formula is C25H25N3O3S. The molecule has 0 saturated heterocycles. The molecule has 1 heterocycles. The van der Waals surface area contributed by atoms with Gasteiger partial charge in [0, 0.05) is 28.2 Å². The van der Waals surface area contributed by atoms with Crippen molar-refractivity contribution in [1.29, 1.82) is 0 Å². The van der Waals surface area contributed by atoms with Crippen LogP contribution in [-0.4, -0.2) is 25.3 Å². The maximum Gasteiger partial charge on any atom is 0.229 e. The number of pyridine rings is 1. The van der Waals surface area contributed by atoms with Crippen molar-refractivity contribution in [2.75, 3.05) is 11.0 Å². The third-order valence-corrected chi connectivity index (χ3v) is 5.33. The van der Waals surface area contributed by atoms with E-state index >= 15 is 0 Å². The fourth-order valence-corrected chi connectivity index (χ4v) is 3.92. The number of nitrogens with one attached hydrogen (secondary N) is 1. The fraction of sp³-hybridized carbons (Fsp3) is 0.200. The predicted molar refractivity (Wildman–Crippen MR) is 130 cm³/mol. The SMILES string of the molecule is CC(C)(C)ON=c1c2cc(NS(C)(=O)=O)ccc2ccc2ncc(-c3ccccc3)cc12. The zero-order chi connectivity index (χ0) is 22.9. The molecule has 6 nitrogen and oxygen atoms in total. The van der Waals surface area contributed by atoms with Gasteiger partial charge in [-0.1, -0.05) is 47.6 Å². The first-order valence-corrected chi connectivity index (χ1v) is 12.1. The van der Waals surface area contributed by atoms with E-state index in [-0.39, 0.29) is 0 Å². The fourth-order valence-electron chi connectivity index (χ4n) is 3.37. The molecule has 1 aromatic heterocycles. The van der Waals surface area contributed by atoms with Gasteiger partial charge in [0.1, 0.15) is 11.0 Å². The number of anilines is 1. The van der Waals surface area contributed by atoms with Gasteiger partial charge in [0.15, 0.2) is 0 Å². The van der Waals surface area contributed by atoms with E-state index in [1.807, 2.05) is 81.6 Å². The highest BCUT2D eigenvalue weighted by atomic mass is 32.2. The van der Waals surface area contributed by atoms with Crippen LogP contribution in [0, 0.1) is 0 Å². The monoisotopic (exact) mass is 447 g/mol. The molecule has 0 atom stereocenters. The summed E-state index contributed by atoms with van der Waals surface area (Å²) < 4.78 is 26.1. The summed E-state index contributed by atoms with van der Waals surface area (Å²) in [6, 6.07) is 21.3. The van der Waals surface area contributed by atoms with Gasteiger partial charge in [-0.2, -0.15) is 0 Å². The standard InChI is InChI=1S/C25H25N3O3S/c1-25(2,3)31-27-24-21-15-20(28-32(4,29)30)12-10-18(21)11-13-23-22(24)14-19(16-26-23)17-8-6-5-7-9-17/h5-16,28H,1-4H3. The molecule has 0 fully saturated rings. The van der Waals surface area contributed by atoms with Crippen molar-refractivity contribution in [2.24, 2.45) is 5.16 Å². The van der Waals surface area contributed by atoms with E-state index < -0.39 is 15.6 Å². The Balaban J connectivity index is 2.08. The first-order chi connectivity index (χ1) is 15.1. The molecule has 3 aromatic carbocycles. The van der Waals surface area contributed by atoms with Gasteiger partial charge < -0.3 is 4.84 Å². The van der Waals surface area contributed by atoms with Crippen LogP contribution in [0.25, 0.3) is 32.8 Å². The third-order valence-electron chi connectivity index (χ3n) is 4.72. The number of hydrogen-bond donors (Lipinski definition) is 1. The molecule has 0 radical (unpaired) electrons. The number of rotatable bonds is 4. The minimum absolute atomic E-state index is 0.457. The zero-order valence-corrected chi connectivity index (χ0v) is 19.3. The van der Waals surface area contributed by atoms with Crippen LogP contribution in [0.1, 0.15) is 20.8 Å². The Kier molecular flexibility index (Phi) is 5.60. The molecule has 1 N–H and O–H groups in total. The topological polar surface area (TPSA) is 80.6 Å². The summed E-state index contributed by atoms with van der Waals surface area (Å²) in [4.78, 5) is 10.5. The highest BCUT2D eigenvalue weighted by molar-refractivity contribution is 7.92. The molecule has 0 unspecified atom stereocenters. The third kappa shape index (κ3) is 5.06. The number of benzene rings is 2. The van der Waals surface area contributed by atoms with Crippen LogP contribution in [0.5, 0.6) is 0 Å². The normalized spacial score (nSPS) is 12.8. The summed E-state index contributed by atoms with van der Waals surface area (Å²) in [5.41, 5.74) is 2.71. The lowest BCUT2D eigenvalue weighted by atomic mass is 10.1. The van der Waals surface area contributed by atoms with Gasteiger partial charge in [-0.3, -0.25) is 9.71 Å². The summed E-state index contributed by atoms with van der Waals surface area (Å²) in [5.74, 6) is 0. The van der Waals surface area contributed by atoms with Crippen molar-refractivity contribution in [1.82, 2.24) is 4.98 Å². The highest BCUT2D eigenvalue weighted by Gasteiger charge is 2.12. The van der Waals surface area contributed by atoms with Crippen molar-refractivity contribution in [3.63, 3.8) is 0 Å². The second-order valence-corrected chi connectivity index (χ2v) is 10.4. The molecule has 4 rings (SSSR count). The maximum atomic E-state index is 11.8. The van der Waals surface area contributed by atoms with Gasteiger partial charge >= 0.3 is 0 Å². The second kappa shape index (κ2) is 8.24. The minimum Gasteiger partial charge on any atom is -0.390 e. The molecule has 0 amide bonds. The van der Waals surface area contributed by atoms with Crippen LogP contribution in [0.2, 0.25) is 0 Å². The largest absolute Gasteiger partial charge is 0.390 e. The lowest BCUT2D eigenvalue weighted by Crippen LogP contribution is -2.18. The van der Waals surface area contributed by atoms with Gasteiger partial charge in [0.25, 0.3) is 0 Å². The van der Waals surface area contributed by atoms with Crippen molar-refractivity contribution >= 4 is 37.4 Å². The van der Waals surface area contributed by atoms with Crippen LogP contribution < -0.4 is 10.1 Å². The average Bonchev–Trinajstić information content (AvgIpc) is 2.87. The predicted octanol–water partition coefficient (Wildman–Crippen LogP) is 5.06. The number of sulfonamides is 1. The van der Waals surface area contributed by atoms with Crippen molar-refractivity contribution in [2.45, 2.75) is 26.4 Å². The van der Waals surface area contributed by atoms with Crippen molar-refractivity contribution in [3.8, 4) is 11.1 Å². The van der Waals surface area contributed by atoms with Crippen molar-refractivity contribution < 1.29 is 13.3 Å². The van der Waals surface area contributed by atoms with Crippen LogP contribution in [-0.2, 0) is 14.9 Å². The molecule has 4 aromatic rings. The quantitative estimate of drug-likeness (QED) is 0.444. The van der Waals surface area contributed by atoms with E-state index in [0.717, 1.165) is 39.1 Å². The Hall–Kier alpha value is -3.45. The van der Waals surface area contributed by atoms with Gasteiger partial charge in [-0.05, 0) is 56.0 Å². The van der Waals surface area contributed by atoms with Gasteiger partial charge in [0.2, 0.25) is 10.0 Å². The number of nitrogens with zero attached hydrogens (tertiary/aromatic N) is 2. The molecule has 0 aliphatic rings. The molecular weight excluding hydrogens is 422 g/mol. The lowest BCUT2D eigenvalue weighted by molar-refractivity contribution is -0.00549. The van der Waals surface area contributed by atoms with Gasteiger partial charge in [0.05, 0.1) is 11.8 Å². The number of hydrogen-bond acceptors (Lipinski definition) is 5. The van der Waals surface area contributed by atoms with E-state index in [0.29, 0.717) is 11.0 Å². The van der Waals surface area contributed by atoms with Gasteiger partial charge in [-0.25, -0.2) is 8.42 Å². The summed E-state index contributed by atoms with van der Waals surface area (Å²) in [6.45, 7) is 5.77. The van der Waals surface area contributed by atoms with Crippen LogP contribution in [0.15, 0.2) is 78.1 Å². The van der Waals surface area contributed by atoms with E-state index in [9.17, 15) is 8.42 Å². The van der Waals surface area contributed by atoms with Gasteiger partial charge in [-0.15, -0.1) is 0 Å². The van der Waals surface area contributed by atoms with Crippen LogP contribution >= 0.6 is 0 Å². The minimum atomic E-state index is -3.42. The van der Waals surface area contributed by atoms with E-state index in [4.69, 9.17) is 4.84 Å². The highest BCUT2D eigenvalue weighted by Crippen LogP contribution is 2.24. The first kappa shape index (κ1) is 21.8. The Labute approximate surface area is 187 Å². The molecule has 0 bridgehead atoms. The molecule has 0 spiro atoms. The maximum absolute atomic E-state index is 11.8. The van der Waals surface area contributed by atoms with Crippen LogP contribution in [0.4, 0.5) is 5.69 Å². The van der Waals surface area contributed by atoms with E-state index in [1.165, 1.54) is 0 Å². The molecule has 0 aliphatic carbocycles. The van der Waals surface area contributed by atoms with Crippen LogP contribution in [0.3, 0.4) is 0 Å². The Morgan fingerprint density at radius 2 is 1.62 bits per heavy atom. The van der Waals surface area contributed by atoms with E-state index in [1.54, 1.807) is 12.1 Å². The Bertz CT molecular complexity index is 1480. The zero-order valence-electron chi connectivity index (χ0n) is 18.5. The summed E-state index contributed by atoms with van der Waals surface area (Å²) in [6.07, 6.45) is 2.97. The molecule has 164 valence electrons. The van der Waals surface area contributed by atoms with Crippen molar-refractivity contribution in [3.05, 3.63) is 78.3 Å². The summed E-state index contributed by atoms with van der Waals surface area (Å²) in [7, 11) is -3.42. The molecule has 0 saturated carbocycles. The lowest BCUT2D eigenvalue weighted by Gasteiger charge is -2.15. The summed E-state index contributed by atoms with van der Waals surface area (Å²) in [5, 5.41) is 7.57. The smallest absolute Gasteiger partial charge is 0.229 e. The average molecular weight is 448 g/mol. The first-order valence-electron chi connectivity index (χ1n) is 10.2.